The van der Waals surface area contributed by atoms with Gasteiger partial charge in [0.1, 0.15) is 5.82 Å². The standard InChI is InChI=1S/C15H21N5O/c1-9(2)13(14-16-11(4)19-20-14)18-15(21)17-12-7-5-6-10(3)8-12/h5-9,13H,1-4H3,(H,16,19,20)(H2,17,18,21)/t13-/m1/s1. The van der Waals surface area contributed by atoms with Crippen molar-refractivity contribution in [3.8, 4) is 0 Å². The van der Waals surface area contributed by atoms with Crippen molar-refractivity contribution in [2.24, 2.45) is 5.92 Å². The number of nitrogens with zero attached hydrogens (tertiary/aromatic N) is 2. The fraction of sp³-hybridized carbons (Fsp3) is 0.400. The maximum atomic E-state index is 12.1. The molecule has 6 heteroatoms. The Kier molecular flexibility index (Phi) is 4.57. The maximum absolute atomic E-state index is 12.1. The van der Waals surface area contributed by atoms with Crippen molar-refractivity contribution in [2.75, 3.05) is 5.32 Å². The molecule has 6 nitrogen and oxygen atoms in total. The van der Waals surface area contributed by atoms with Gasteiger partial charge in [0, 0.05) is 5.69 Å². The zero-order chi connectivity index (χ0) is 15.4. The molecule has 0 saturated heterocycles. The summed E-state index contributed by atoms with van der Waals surface area (Å²) in [5, 5.41) is 12.7. The van der Waals surface area contributed by atoms with Gasteiger partial charge in [-0.1, -0.05) is 26.0 Å². The molecule has 1 aromatic carbocycles. The van der Waals surface area contributed by atoms with E-state index in [4.69, 9.17) is 0 Å². The van der Waals surface area contributed by atoms with Crippen LogP contribution in [0.2, 0.25) is 0 Å². The molecule has 2 amide bonds. The summed E-state index contributed by atoms with van der Waals surface area (Å²) in [6, 6.07) is 7.16. The Balaban J connectivity index is 2.05. The van der Waals surface area contributed by atoms with Gasteiger partial charge in [-0.2, -0.15) is 5.10 Å². The first kappa shape index (κ1) is 15.0. The highest BCUT2D eigenvalue weighted by atomic mass is 16.2. The third-order valence-electron chi connectivity index (χ3n) is 3.12. The lowest BCUT2D eigenvalue weighted by molar-refractivity contribution is 0.244. The zero-order valence-electron chi connectivity index (χ0n) is 12.8. The number of amides is 2. The molecule has 0 aliphatic carbocycles. The van der Waals surface area contributed by atoms with Crippen molar-refractivity contribution in [1.29, 1.82) is 0 Å². The van der Waals surface area contributed by atoms with E-state index >= 15 is 0 Å². The van der Waals surface area contributed by atoms with Crippen LogP contribution in [0.1, 0.15) is 37.1 Å². The third-order valence-corrected chi connectivity index (χ3v) is 3.12. The van der Waals surface area contributed by atoms with Crippen LogP contribution in [0.15, 0.2) is 24.3 Å². The fourth-order valence-electron chi connectivity index (χ4n) is 2.06. The number of aryl methyl sites for hydroxylation is 2. The SMILES string of the molecule is Cc1cccc(NC(=O)N[C@@H](c2n[nH]c(C)n2)C(C)C)c1. The summed E-state index contributed by atoms with van der Waals surface area (Å²) in [6.07, 6.45) is 0. The first-order chi connectivity index (χ1) is 9.95. The number of urea groups is 1. The van der Waals surface area contributed by atoms with Gasteiger partial charge in [-0.25, -0.2) is 9.78 Å². The van der Waals surface area contributed by atoms with Gasteiger partial charge < -0.3 is 10.6 Å². The molecule has 2 aromatic rings. The van der Waals surface area contributed by atoms with Crippen LogP contribution in [0.25, 0.3) is 0 Å². The third kappa shape index (κ3) is 4.05. The average Bonchev–Trinajstić information content (AvgIpc) is 2.82. The van der Waals surface area contributed by atoms with E-state index < -0.39 is 0 Å². The summed E-state index contributed by atoms with van der Waals surface area (Å²) in [5.41, 5.74) is 1.86. The fourth-order valence-corrected chi connectivity index (χ4v) is 2.06. The number of hydrogen-bond donors (Lipinski definition) is 3. The Morgan fingerprint density at radius 2 is 2.05 bits per heavy atom. The summed E-state index contributed by atoms with van der Waals surface area (Å²) in [6.45, 7) is 7.85. The van der Waals surface area contributed by atoms with Gasteiger partial charge >= 0.3 is 6.03 Å². The molecular formula is C15H21N5O. The number of hydrogen-bond acceptors (Lipinski definition) is 3. The molecule has 0 bridgehead atoms. The van der Waals surface area contributed by atoms with Crippen LogP contribution >= 0.6 is 0 Å². The van der Waals surface area contributed by atoms with Crippen LogP contribution in [-0.4, -0.2) is 21.2 Å². The number of rotatable bonds is 4. The van der Waals surface area contributed by atoms with Gasteiger partial charge in [0.05, 0.1) is 6.04 Å². The summed E-state index contributed by atoms with van der Waals surface area (Å²) < 4.78 is 0. The van der Waals surface area contributed by atoms with E-state index in [9.17, 15) is 4.79 Å². The molecule has 1 atom stereocenters. The molecule has 1 heterocycles. The minimum Gasteiger partial charge on any atom is -0.328 e. The van der Waals surface area contributed by atoms with Crippen molar-refractivity contribution in [2.45, 2.75) is 33.7 Å². The molecule has 0 spiro atoms. The molecule has 0 aliphatic heterocycles. The highest BCUT2D eigenvalue weighted by Crippen LogP contribution is 2.18. The second-order valence-corrected chi connectivity index (χ2v) is 5.47. The van der Waals surface area contributed by atoms with E-state index in [-0.39, 0.29) is 18.0 Å². The van der Waals surface area contributed by atoms with Crippen molar-refractivity contribution < 1.29 is 4.79 Å². The number of carbonyl (C=O) groups is 1. The number of benzene rings is 1. The molecule has 2 rings (SSSR count). The Morgan fingerprint density at radius 3 is 2.62 bits per heavy atom. The molecular weight excluding hydrogens is 266 g/mol. The van der Waals surface area contributed by atoms with Crippen molar-refractivity contribution >= 4 is 11.7 Å². The first-order valence-electron chi connectivity index (χ1n) is 6.99. The summed E-state index contributed by atoms with van der Waals surface area (Å²) in [7, 11) is 0. The number of carbonyl (C=O) groups excluding carboxylic acids is 1. The van der Waals surface area contributed by atoms with Crippen LogP contribution in [0.3, 0.4) is 0 Å². The number of H-pyrrole nitrogens is 1. The smallest absolute Gasteiger partial charge is 0.319 e. The molecule has 0 aliphatic rings. The normalized spacial score (nSPS) is 12.2. The highest BCUT2D eigenvalue weighted by molar-refractivity contribution is 5.89. The zero-order valence-corrected chi connectivity index (χ0v) is 12.8. The lowest BCUT2D eigenvalue weighted by Gasteiger charge is -2.19. The molecule has 21 heavy (non-hydrogen) atoms. The summed E-state index contributed by atoms with van der Waals surface area (Å²) in [5.74, 6) is 1.52. The molecule has 3 N–H and O–H groups in total. The minimum atomic E-state index is -0.262. The summed E-state index contributed by atoms with van der Waals surface area (Å²) >= 11 is 0. The summed E-state index contributed by atoms with van der Waals surface area (Å²) in [4.78, 5) is 16.4. The van der Waals surface area contributed by atoms with Crippen molar-refractivity contribution in [1.82, 2.24) is 20.5 Å². The molecule has 0 saturated carbocycles. The van der Waals surface area contributed by atoms with Crippen LogP contribution < -0.4 is 10.6 Å². The molecule has 1 aromatic heterocycles. The average molecular weight is 287 g/mol. The van der Waals surface area contributed by atoms with Crippen LogP contribution in [0.4, 0.5) is 10.5 Å². The predicted octanol–water partition coefficient (Wildman–Crippen LogP) is 2.94. The largest absolute Gasteiger partial charge is 0.328 e. The Hall–Kier alpha value is -2.37. The molecule has 0 unspecified atom stereocenters. The van der Waals surface area contributed by atoms with Crippen molar-refractivity contribution in [3.05, 3.63) is 41.5 Å². The van der Waals surface area contributed by atoms with Crippen LogP contribution in [0.5, 0.6) is 0 Å². The monoisotopic (exact) mass is 287 g/mol. The van der Waals surface area contributed by atoms with Gasteiger partial charge in [-0.05, 0) is 37.5 Å². The van der Waals surface area contributed by atoms with Gasteiger partial charge in [0.2, 0.25) is 0 Å². The second kappa shape index (κ2) is 6.39. The van der Waals surface area contributed by atoms with E-state index in [1.165, 1.54) is 0 Å². The Morgan fingerprint density at radius 1 is 1.29 bits per heavy atom. The van der Waals surface area contributed by atoms with E-state index in [0.717, 1.165) is 17.1 Å². The minimum absolute atomic E-state index is 0.184. The lowest BCUT2D eigenvalue weighted by Crippen LogP contribution is -2.35. The highest BCUT2D eigenvalue weighted by Gasteiger charge is 2.22. The van der Waals surface area contributed by atoms with E-state index in [2.05, 4.69) is 25.8 Å². The van der Waals surface area contributed by atoms with Gasteiger partial charge in [0.15, 0.2) is 5.82 Å². The maximum Gasteiger partial charge on any atom is 0.319 e. The Bertz CT molecular complexity index is 620. The number of aromatic nitrogens is 3. The van der Waals surface area contributed by atoms with Crippen LogP contribution in [0, 0.1) is 19.8 Å². The number of nitrogens with one attached hydrogen (secondary N) is 3. The van der Waals surface area contributed by atoms with Gasteiger partial charge in [-0.3, -0.25) is 5.10 Å². The van der Waals surface area contributed by atoms with E-state index in [1.54, 1.807) is 0 Å². The molecule has 0 radical (unpaired) electrons. The second-order valence-electron chi connectivity index (χ2n) is 5.47. The molecule has 112 valence electrons. The van der Waals surface area contributed by atoms with Gasteiger partial charge in [-0.15, -0.1) is 0 Å². The van der Waals surface area contributed by atoms with Crippen LogP contribution in [-0.2, 0) is 0 Å². The predicted molar refractivity (Wildman–Crippen MR) is 82.0 cm³/mol. The number of aromatic amines is 1. The Labute approximate surface area is 124 Å². The molecule has 0 fully saturated rings. The van der Waals surface area contributed by atoms with E-state index in [0.29, 0.717) is 5.82 Å². The first-order valence-corrected chi connectivity index (χ1v) is 6.99. The lowest BCUT2D eigenvalue weighted by atomic mass is 10.0. The topological polar surface area (TPSA) is 82.7 Å². The quantitative estimate of drug-likeness (QED) is 0.808. The van der Waals surface area contributed by atoms with Crippen molar-refractivity contribution in [3.63, 3.8) is 0 Å². The van der Waals surface area contributed by atoms with Gasteiger partial charge in [0.25, 0.3) is 0 Å². The number of anilines is 1. The van der Waals surface area contributed by atoms with E-state index in [1.807, 2.05) is 52.0 Å².